The summed E-state index contributed by atoms with van der Waals surface area (Å²) in [6.07, 6.45) is 5.13. The fraction of sp³-hybridized carbons (Fsp3) is 0.448. The molecule has 0 radical (unpaired) electrons. The van der Waals surface area contributed by atoms with E-state index in [9.17, 15) is 14.7 Å². The van der Waals surface area contributed by atoms with E-state index >= 15 is 0 Å². The van der Waals surface area contributed by atoms with Gasteiger partial charge in [0.15, 0.2) is 0 Å². The molecule has 194 valence electrons. The van der Waals surface area contributed by atoms with Crippen molar-refractivity contribution in [3.8, 4) is 11.5 Å². The van der Waals surface area contributed by atoms with Gasteiger partial charge in [-0.2, -0.15) is 0 Å². The van der Waals surface area contributed by atoms with Crippen LogP contribution in [-0.4, -0.2) is 55.2 Å². The minimum atomic E-state index is -0.737. The molecule has 0 aromatic heterocycles. The van der Waals surface area contributed by atoms with Crippen molar-refractivity contribution >= 4 is 17.4 Å². The van der Waals surface area contributed by atoms with Crippen LogP contribution in [0.25, 0.3) is 5.76 Å². The monoisotopic (exact) mass is 495 g/mol. The molecule has 7 heteroatoms. The third-order valence-corrected chi connectivity index (χ3v) is 6.16. The van der Waals surface area contributed by atoms with E-state index in [2.05, 4.69) is 13.8 Å². The number of methoxy groups -OCH3 is 1. The molecule has 1 heterocycles. The molecule has 7 nitrogen and oxygen atoms in total. The van der Waals surface area contributed by atoms with Gasteiger partial charge in [-0.3, -0.25) is 9.59 Å². The van der Waals surface area contributed by atoms with Crippen LogP contribution >= 0.6 is 0 Å². The summed E-state index contributed by atoms with van der Waals surface area (Å²) in [5.74, 6) is -0.276. The van der Waals surface area contributed by atoms with Gasteiger partial charge in [-0.15, -0.1) is 0 Å². The van der Waals surface area contributed by atoms with Crippen molar-refractivity contribution in [2.24, 2.45) is 0 Å². The van der Waals surface area contributed by atoms with Gasteiger partial charge in [0.05, 0.1) is 31.4 Å². The van der Waals surface area contributed by atoms with Crippen LogP contribution in [0.5, 0.6) is 11.5 Å². The van der Waals surface area contributed by atoms with Gasteiger partial charge < -0.3 is 24.2 Å². The van der Waals surface area contributed by atoms with Crippen molar-refractivity contribution in [3.05, 3.63) is 65.2 Å². The number of rotatable bonds is 14. The van der Waals surface area contributed by atoms with Crippen LogP contribution in [0.2, 0.25) is 0 Å². The Bertz CT molecular complexity index is 1050. The molecule has 2 aromatic carbocycles. The summed E-state index contributed by atoms with van der Waals surface area (Å²) in [6.45, 7) is 5.91. The van der Waals surface area contributed by atoms with E-state index in [0.717, 1.165) is 37.9 Å². The SMILES string of the molecule is CCCCCOc1ccc(C2C(=C(O)c3cccc(OCCCC)c3)C(=O)C(=O)N2CCOC)cc1. The maximum absolute atomic E-state index is 13.1. The standard InChI is InChI=1S/C29H37NO6/c1-4-6-8-18-35-23-14-12-21(13-15-23)26-25(28(32)29(33)30(26)16-19-34-3)27(31)22-10-9-11-24(20-22)36-17-7-5-2/h9-15,20,26,31H,4-8,16-19H2,1-3H3. The lowest BCUT2D eigenvalue weighted by molar-refractivity contribution is -0.140. The number of carbonyl (C=O) groups is 2. The van der Waals surface area contributed by atoms with Gasteiger partial charge in [0, 0.05) is 19.2 Å². The smallest absolute Gasteiger partial charge is 0.295 e. The second-order valence-electron chi connectivity index (χ2n) is 8.84. The third-order valence-electron chi connectivity index (χ3n) is 6.16. The Morgan fingerprint density at radius 1 is 0.889 bits per heavy atom. The molecule has 0 saturated carbocycles. The van der Waals surface area contributed by atoms with E-state index in [4.69, 9.17) is 14.2 Å². The summed E-state index contributed by atoms with van der Waals surface area (Å²) in [5.41, 5.74) is 1.19. The topological polar surface area (TPSA) is 85.3 Å². The normalized spacial score (nSPS) is 17.0. The van der Waals surface area contributed by atoms with Crippen molar-refractivity contribution in [3.63, 3.8) is 0 Å². The Kier molecular flexibility index (Phi) is 10.4. The zero-order valence-electron chi connectivity index (χ0n) is 21.5. The second kappa shape index (κ2) is 13.7. The zero-order valence-corrected chi connectivity index (χ0v) is 21.5. The van der Waals surface area contributed by atoms with Crippen molar-refractivity contribution in [2.45, 2.75) is 52.0 Å². The molecule has 1 aliphatic heterocycles. The van der Waals surface area contributed by atoms with Crippen molar-refractivity contribution in [1.82, 2.24) is 4.90 Å². The number of Topliss-reactive ketones (excluding diaryl/α,β-unsaturated/α-hetero) is 1. The van der Waals surface area contributed by atoms with Crippen LogP contribution in [-0.2, 0) is 14.3 Å². The van der Waals surface area contributed by atoms with Gasteiger partial charge in [-0.05, 0) is 42.7 Å². The maximum atomic E-state index is 13.1. The number of nitrogens with zero attached hydrogens (tertiary/aromatic N) is 1. The number of likely N-dealkylation sites (tertiary alicyclic amines) is 1. The molecule has 0 aliphatic carbocycles. The quantitative estimate of drug-likeness (QED) is 0.161. The maximum Gasteiger partial charge on any atom is 0.295 e. The van der Waals surface area contributed by atoms with Gasteiger partial charge in [0.2, 0.25) is 0 Å². The molecule has 36 heavy (non-hydrogen) atoms. The molecule has 1 fully saturated rings. The lowest BCUT2D eigenvalue weighted by Gasteiger charge is -2.25. The van der Waals surface area contributed by atoms with Gasteiger partial charge in [-0.1, -0.05) is 57.4 Å². The number of benzene rings is 2. The first kappa shape index (κ1) is 27.3. The van der Waals surface area contributed by atoms with E-state index in [1.807, 2.05) is 24.3 Å². The van der Waals surface area contributed by atoms with Gasteiger partial charge in [-0.25, -0.2) is 0 Å². The minimum Gasteiger partial charge on any atom is -0.507 e. The van der Waals surface area contributed by atoms with Crippen molar-refractivity contribution < 1.29 is 28.9 Å². The highest BCUT2D eigenvalue weighted by molar-refractivity contribution is 6.46. The Hall–Kier alpha value is -3.32. The Morgan fingerprint density at radius 3 is 2.28 bits per heavy atom. The van der Waals surface area contributed by atoms with Crippen LogP contribution in [0.1, 0.15) is 63.1 Å². The number of aliphatic hydroxyl groups excluding tert-OH is 1. The average Bonchev–Trinajstić information content (AvgIpc) is 3.15. The molecule has 1 aliphatic rings. The number of aliphatic hydroxyl groups is 1. The van der Waals surface area contributed by atoms with Gasteiger partial charge >= 0.3 is 0 Å². The predicted molar refractivity (Wildman–Crippen MR) is 139 cm³/mol. The van der Waals surface area contributed by atoms with Crippen molar-refractivity contribution in [1.29, 1.82) is 0 Å². The fourth-order valence-corrected chi connectivity index (χ4v) is 4.16. The molecule has 3 rings (SSSR count). The number of ketones is 1. The summed E-state index contributed by atoms with van der Waals surface area (Å²) in [4.78, 5) is 27.6. The first-order valence-electron chi connectivity index (χ1n) is 12.7. The van der Waals surface area contributed by atoms with E-state index in [1.165, 1.54) is 4.90 Å². The predicted octanol–water partition coefficient (Wildman–Crippen LogP) is 5.50. The molecule has 2 aromatic rings. The highest BCUT2D eigenvalue weighted by atomic mass is 16.5. The highest BCUT2D eigenvalue weighted by Crippen LogP contribution is 2.40. The Morgan fingerprint density at radius 2 is 1.58 bits per heavy atom. The summed E-state index contributed by atoms with van der Waals surface area (Å²) in [6, 6.07) is 13.6. The molecular formula is C29H37NO6. The molecule has 1 N–H and O–H groups in total. The first-order chi connectivity index (χ1) is 17.5. The number of carbonyl (C=O) groups excluding carboxylic acids is 2. The largest absolute Gasteiger partial charge is 0.507 e. The van der Waals surface area contributed by atoms with Crippen LogP contribution in [0.4, 0.5) is 0 Å². The molecule has 0 bridgehead atoms. The molecule has 1 unspecified atom stereocenters. The third kappa shape index (κ3) is 6.66. The minimum absolute atomic E-state index is 0.0541. The fourth-order valence-electron chi connectivity index (χ4n) is 4.16. The van der Waals surface area contributed by atoms with Gasteiger partial charge in [0.1, 0.15) is 17.3 Å². The van der Waals surface area contributed by atoms with Crippen LogP contribution in [0.15, 0.2) is 54.1 Å². The van der Waals surface area contributed by atoms with E-state index in [0.29, 0.717) is 30.1 Å². The lowest BCUT2D eigenvalue weighted by atomic mass is 9.95. The number of hydrogen-bond donors (Lipinski definition) is 1. The number of hydrogen-bond acceptors (Lipinski definition) is 6. The van der Waals surface area contributed by atoms with E-state index < -0.39 is 17.7 Å². The van der Waals surface area contributed by atoms with Crippen molar-refractivity contribution in [2.75, 3.05) is 33.5 Å². The number of unbranched alkanes of at least 4 members (excludes halogenated alkanes) is 3. The second-order valence-corrected chi connectivity index (χ2v) is 8.84. The van der Waals surface area contributed by atoms with Crippen LogP contribution in [0.3, 0.4) is 0 Å². The highest BCUT2D eigenvalue weighted by Gasteiger charge is 2.45. The zero-order chi connectivity index (χ0) is 25.9. The van der Waals surface area contributed by atoms with Crippen LogP contribution < -0.4 is 9.47 Å². The number of amides is 1. The molecular weight excluding hydrogens is 458 g/mol. The summed E-state index contributed by atoms with van der Waals surface area (Å²) in [5, 5.41) is 11.3. The molecule has 1 saturated heterocycles. The average molecular weight is 496 g/mol. The summed E-state index contributed by atoms with van der Waals surface area (Å²) < 4.78 is 16.8. The Labute approximate surface area is 213 Å². The molecule has 1 amide bonds. The number of ether oxygens (including phenoxy) is 3. The lowest BCUT2D eigenvalue weighted by Crippen LogP contribution is -2.32. The molecule has 0 spiro atoms. The van der Waals surface area contributed by atoms with E-state index in [-0.39, 0.29) is 24.5 Å². The van der Waals surface area contributed by atoms with Gasteiger partial charge in [0.25, 0.3) is 11.7 Å². The summed E-state index contributed by atoms with van der Waals surface area (Å²) >= 11 is 0. The van der Waals surface area contributed by atoms with E-state index in [1.54, 1.807) is 31.4 Å². The van der Waals surface area contributed by atoms with Crippen LogP contribution in [0, 0.1) is 0 Å². The first-order valence-corrected chi connectivity index (χ1v) is 12.7. The summed E-state index contributed by atoms with van der Waals surface area (Å²) in [7, 11) is 1.54. The Balaban J connectivity index is 1.95. The molecule has 1 atom stereocenters.